The summed E-state index contributed by atoms with van der Waals surface area (Å²) in [4.78, 5) is 8.55. The van der Waals surface area contributed by atoms with E-state index < -0.39 is 0 Å². The van der Waals surface area contributed by atoms with Gasteiger partial charge in [-0.05, 0) is 31.6 Å². The van der Waals surface area contributed by atoms with E-state index >= 15 is 0 Å². The Hall–Kier alpha value is -1.32. The summed E-state index contributed by atoms with van der Waals surface area (Å²) in [7, 11) is 1.88. The largest absolute Gasteiger partial charge is 0.474 e. The Kier molecular flexibility index (Phi) is 4.39. The van der Waals surface area contributed by atoms with Crippen molar-refractivity contribution in [1.82, 2.24) is 9.97 Å². The van der Waals surface area contributed by atoms with Crippen LogP contribution in [0.4, 0.5) is 5.82 Å². The molecule has 2 rings (SSSR count). The van der Waals surface area contributed by atoms with Crippen LogP contribution in [0.15, 0.2) is 6.33 Å². The summed E-state index contributed by atoms with van der Waals surface area (Å²) in [6.07, 6.45) is 7.76. The number of ether oxygens (including phenoxy) is 1. The molecular weight excluding hydrogens is 226 g/mol. The van der Waals surface area contributed by atoms with Gasteiger partial charge in [0.1, 0.15) is 18.2 Å². The van der Waals surface area contributed by atoms with E-state index in [0.29, 0.717) is 12.0 Å². The van der Waals surface area contributed by atoms with E-state index in [9.17, 15) is 0 Å². The zero-order chi connectivity index (χ0) is 13.0. The highest BCUT2D eigenvalue weighted by Gasteiger charge is 2.24. The second-order valence-corrected chi connectivity index (χ2v) is 5.03. The summed E-state index contributed by atoms with van der Waals surface area (Å²) >= 11 is 0. The molecule has 1 saturated carbocycles. The molecule has 1 heterocycles. The van der Waals surface area contributed by atoms with Crippen LogP contribution < -0.4 is 10.1 Å². The van der Waals surface area contributed by atoms with Gasteiger partial charge in [0, 0.05) is 7.05 Å². The van der Waals surface area contributed by atoms with Gasteiger partial charge in [0.05, 0.1) is 5.56 Å². The maximum atomic E-state index is 6.14. The van der Waals surface area contributed by atoms with E-state index in [4.69, 9.17) is 4.74 Å². The fourth-order valence-corrected chi connectivity index (χ4v) is 2.63. The van der Waals surface area contributed by atoms with E-state index in [0.717, 1.165) is 30.1 Å². The van der Waals surface area contributed by atoms with Gasteiger partial charge in [-0.25, -0.2) is 9.97 Å². The molecule has 1 aliphatic carbocycles. The van der Waals surface area contributed by atoms with Gasteiger partial charge in [0.15, 0.2) is 0 Å². The van der Waals surface area contributed by atoms with Gasteiger partial charge in [-0.3, -0.25) is 0 Å². The molecule has 4 heteroatoms. The van der Waals surface area contributed by atoms with Crippen molar-refractivity contribution < 1.29 is 4.74 Å². The van der Waals surface area contributed by atoms with Gasteiger partial charge in [-0.1, -0.05) is 20.3 Å². The molecule has 0 bridgehead atoms. The third-order valence-electron chi connectivity index (χ3n) is 3.79. The van der Waals surface area contributed by atoms with Gasteiger partial charge >= 0.3 is 0 Å². The van der Waals surface area contributed by atoms with E-state index in [1.807, 2.05) is 7.05 Å². The first-order valence-corrected chi connectivity index (χ1v) is 6.94. The average Bonchev–Trinajstić information content (AvgIpc) is 2.41. The molecule has 18 heavy (non-hydrogen) atoms. The van der Waals surface area contributed by atoms with Crippen LogP contribution in [0.1, 0.15) is 45.1 Å². The first kappa shape index (κ1) is 13.1. The second kappa shape index (κ2) is 6.03. The van der Waals surface area contributed by atoms with Crippen molar-refractivity contribution in [3.63, 3.8) is 0 Å². The molecule has 100 valence electrons. The van der Waals surface area contributed by atoms with Crippen LogP contribution in [0.25, 0.3) is 0 Å². The van der Waals surface area contributed by atoms with Crippen molar-refractivity contribution in [3.05, 3.63) is 11.9 Å². The minimum absolute atomic E-state index is 0.309. The number of hydrogen-bond acceptors (Lipinski definition) is 4. The normalized spacial score (nSPS) is 23.7. The average molecular weight is 249 g/mol. The molecule has 1 aromatic heterocycles. The van der Waals surface area contributed by atoms with Crippen LogP contribution in [-0.2, 0) is 6.42 Å². The Labute approximate surface area is 109 Å². The molecule has 1 fully saturated rings. The van der Waals surface area contributed by atoms with Gasteiger partial charge in [-0.2, -0.15) is 0 Å². The number of anilines is 1. The van der Waals surface area contributed by atoms with Crippen molar-refractivity contribution in [1.29, 1.82) is 0 Å². The number of nitrogens with zero attached hydrogens (tertiary/aromatic N) is 2. The molecule has 0 amide bonds. The minimum atomic E-state index is 0.309. The number of aromatic nitrogens is 2. The van der Waals surface area contributed by atoms with Gasteiger partial charge in [0.2, 0.25) is 5.88 Å². The van der Waals surface area contributed by atoms with Crippen molar-refractivity contribution in [2.24, 2.45) is 5.92 Å². The van der Waals surface area contributed by atoms with Crippen LogP contribution in [0.5, 0.6) is 5.88 Å². The topological polar surface area (TPSA) is 47.0 Å². The number of hydrogen-bond donors (Lipinski definition) is 1. The first-order valence-electron chi connectivity index (χ1n) is 6.94. The Balaban J connectivity index is 2.17. The fourth-order valence-electron chi connectivity index (χ4n) is 2.63. The molecule has 0 aliphatic heterocycles. The first-order chi connectivity index (χ1) is 8.76. The predicted octanol–water partition coefficient (Wildman–Crippen LogP) is 3.04. The Morgan fingerprint density at radius 2 is 2.11 bits per heavy atom. The SMILES string of the molecule is CCc1c(NC)ncnc1OC1CCCCC1C. The molecule has 2 atom stereocenters. The van der Waals surface area contributed by atoms with Gasteiger partial charge in [0.25, 0.3) is 0 Å². The van der Waals surface area contributed by atoms with Crippen LogP contribution in [0, 0.1) is 5.92 Å². The second-order valence-electron chi connectivity index (χ2n) is 5.03. The smallest absolute Gasteiger partial charge is 0.222 e. The molecular formula is C14H23N3O. The summed E-state index contributed by atoms with van der Waals surface area (Å²) in [5.74, 6) is 2.26. The molecule has 0 saturated heterocycles. The Morgan fingerprint density at radius 3 is 2.78 bits per heavy atom. The van der Waals surface area contributed by atoms with Crippen molar-refractivity contribution in [2.75, 3.05) is 12.4 Å². The highest BCUT2D eigenvalue weighted by Crippen LogP contribution is 2.30. The lowest BCUT2D eigenvalue weighted by Crippen LogP contribution is -2.29. The lowest BCUT2D eigenvalue weighted by Gasteiger charge is -2.29. The lowest BCUT2D eigenvalue weighted by molar-refractivity contribution is 0.0964. The van der Waals surface area contributed by atoms with Crippen molar-refractivity contribution in [2.45, 2.75) is 52.1 Å². The molecule has 0 aromatic carbocycles. The molecule has 1 aliphatic rings. The maximum absolute atomic E-state index is 6.14. The van der Waals surface area contributed by atoms with Crippen LogP contribution in [0.2, 0.25) is 0 Å². The predicted molar refractivity (Wildman–Crippen MR) is 73.0 cm³/mol. The highest BCUT2D eigenvalue weighted by molar-refractivity contribution is 5.48. The summed E-state index contributed by atoms with van der Waals surface area (Å²) in [6.45, 7) is 4.38. The molecule has 2 unspecified atom stereocenters. The minimum Gasteiger partial charge on any atom is -0.474 e. The summed E-state index contributed by atoms with van der Waals surface area (Å²) in [5, 5.41) is 3.10. The van der Waals surface area contributed by atoms with Crippen LogP contribution in [0.3, 0.4) is 0 Å². The third-order valence-corrected chi connectivity index (χ3v) is 3.79. The number of rotatable bonds is 4. The zero-order valence-corrected chi connectivity index (χ0v) is 11.6. The quantitative estimate of drug-likeness (QED) is 0.891. The van der Waals surface area contributed by atoms with E-state index in [1.54, 1.807) is 6.33 Å². The van der Waals surface area contributed by atoms with Crippen LogP contribution >= 0.6 is 0 Å². The van der Waals surface area contributed by atoms with Gasteiger partial charge < -0.3 is 10.1 Å². The fraction of sp³-hybridized carbons (Fsp3) is 0.714. The third kappa shape index (κ3) is 2.74. The molecule has 0 spiro atoms. The highest BCUT2D eigenvalue weighted by atomic mass is 16.5. The van der Waals surface area contributed by atoms with Crippen molar-refractivity contribution >= 4 is 5.82 Å². The Morgan fingerprint density at radius 1 is 1.33 bits per heavy atom. The summed E-state index contributed by atoms with van der Waals surface area (Å²) in [5.41, 5.74) is 1.08. The lowest BCUT2D eigenvalue weighted by atomic mass is 9.88. The monoisotopic (exact) mass is 249 g/mol. The molecule has 1 aromatic rings. The van der Waals surface area contributed by atoms with E-state index in [2.05, 4.69) is 29.1 Å². The molecule has 1 N–H and O–H groups in total. The summed E-state index contributed by atoms with van der Waals surface area (Å²) in [6, 6.07) is 0. The zero-order valence-electron chi connectivity index (χ0n) is 11.6. The van der Waals surface area contributed by atoms with E-state index in [1.165, 1.54) is 19.3 Å². The number of nitrogens with one attached hydrogen (secondary N) is 1. The molecule has 0 radical (unpaired) electrons. The van der Waals surface area contributed by atoms with Crippen LogP contribution in [-0.4, -0.2) is 23.1 Å². The maximum Gasteiger partial charge on any atom is 0.222 e. The molecule has 4 nitrogen and oxygen atoms in total. The van der Waals surface area contributed by atoms with E-state index in [-0.39, 0.29) is 0 Å². The Bertz CT molecular complexity index is 395. The summed E-state index contributed by atoms with van der Waals surface area (Å²) < 4.78 is 6.14. The van der Waals surface area contributed by atoms with Crippen molar-refractivity contribution in [3.8, 4) is 5.88 Å². The van der Waals surface area contributed by atoms with Gasteiger partial charge in [-0.15, -0.1) is 0 Å². The standard InChI is InChI=1S/C14H23N3O/c1-4-11-13(15-3)16-9-17-14(11)18-12-8-6-5-7-10(12)2/h9-10,12H,4-8H2,1-3H3,(H,15,16,17).